The molecule has 1 rings (SSSR count). The lowest BCUT2D eigenvalue weighted by atomic mass is 10.0. The zero-order valence-electron chi connectivity index (χ0n) is 8.95. The van der Waals surface area contributed by atoms with Crippen LogP contribution in [0.25, 0.3) is 0 Å². The van der Waals surface area contributed by atoms with E-state index in [1.54, 1.807) is 12.1 Å². The van der Waals surface area contributed by atoms with Crippen LogP contribution in [0.15, 0.2) is 24.3 Å². The maximum absolute atomic E-state index is 10.9. The Kier molecular flexibility index (Phi) is 3.87. The number of benzene rings is 1. The number of hydrogen-bond donors (Lipinski definition) is 1. The van der Waals surface area contributed by atoms with Crippen LogP contribution in [0, 0.1) is 11.3 Å². The van der Waals surface area contributed by atoms with E-state index in [1.165, 1.54) is 6.92 Å². The van der Waals surface area contributed by atoms with E-state index in [1.807, 2.05) is 19.1 Å². The largest absolute Gasteiger partial charge is 0.350 e. The second-order valence-electron chi connectivity index (χ2n) is 3.40. The zero-order valence-corrected chi connectivity index (χ0v) is 8.95. The Morgan fingerprint density at radius 2 is 2.07 bits per heavy atom. The van der Waals surface area contributed by atoms with Crippen LogP contribution in [-0.2, 0) is 4.79 Å². The minimum Gasteiger partial charge on any atom is -0.350 e. The fourth-order valence-corrected chi connectivity index (χ4v) is 1.46. The molecule has 0 fully saturated rings. The van der Waals surface area contributed by atoms with Gasteiger partial charge in [0.1, 0.15) is 0 Å². The number of hydrogen-bond acceptors (Lipinski definition) is 2. The van der Waals surface area contributed by atoms with Gasteiger partial charge in [-0.2, -0.15) is 5.26 Å². The van der Waals surface area contributed by atoms with Gasteiger partial charge in [0.15, 0.2) is 0 Å². The molecule has 1 aromatic rings. The lowest BCUT2D eigenvalue weighted by Gasteiger charge is -2.16. The number of rotatable bonds is 3. The van der Waals surface area contributed by atoms with Crippen LogP contribution < -0.4 is 5.32 Å². The fourth-order valence-electron chi connectivity index (χ4n) is 1.46. The highest BCUT2D eigenvalue weighted by molar-refractivity contribution is 5.73. The summed E-state index contributed by atoms with van der Waals surface area (Å²) in [6.45, 7) is 3.52. The van der Waals surface area contributed by atoms with Crippen LogP contribution >= 0.6 is 0 Å². The van der Waals surface area contributed by atoms with Gasteiger partial charge in [-0.1, -0.05) is 19.1 Å². The molecule has 0 unspecified atom stereocenters. The van der Waals surface area contributed by atoms with E-state index < -0.39 is 0 Å². The van der Waals surface area contributed by atoms with Crippen molar-refractivity contribution in [1.82, 2.24) is 5.32 Å². The first kappa shape index (κ1) is 11.3. The third-order valence-corrected chi connectivity index (χ3v) is 2.23. The summed E-state index contributed by atoms with van der Waals surface area (Å²) in [4.78, 5) is 10.9. The SMILES string of the molecule is CC[C@H](NC(C)=O)c1ccc(C#N)cc1. The average Bonchev–Trinajstić information content (AvgIpc) is 2.26. The van der Waals surface area contributed by atoms with Gasteiger partial charge in [0.05, 0.1) is 17.7 Å². The van der Waals surface area contributed by atoms with Crippen molar-refractivity contribution in [2.45, 2.75) is 26.3 Å². The van der Waals surface area contributed by atoms with Crippen LogP contribution in [0.3, 0.4) is 0 Å². The van der Waals surface area contributed by atoms with Crippen LogP contribution in [-0.4, -0.2) is 5.91 Å². The van der Waals surface area contributed by atoms with Gasteiger partial charge in [-0.3, -0.25) is 4.79 Å². The molecule has 0 aromatic heterocycles. The minimum atomic E-state index is -0.0359. The molecule has 0 bridgehead atoms. The van der Waals surface area contributed by atoms with E-state index in [4.69, 9.17) is 5.26 Å². The van der Waals surface area contributed by atoms with Crippen molar-refractivity contribution in [2.24, 2.45) is 0 Å². The Morgan fingerprint density at radius 3 is 2.47 bits per heavy atom. The first-order valence-electron chi connectivity index (χ1n) is 4.94. The third-order valence-electron chi connectivity index (χ3n) is 2.23. The summed E-state index contributed by atoms with van der Waals surface area (Å²) >= 11 is 0. The van der Waals surface area contributed by atoms with Crippen LogP contribution in [0.2, 0.25) is 0 Å². The molecule has 15 heavy (non-hydrogen) atoms. The molecule has 0 heterocycles. The van der Waals surface area contributed by atoms with Gasteiger partial charge >= 0.3 is 0 Å². The molecule has 78 valence electrons. The summed E-state index contributed by atoms with van der Waals surface area (Å²) in [6, 6.07) is 9.38. The van der Waals surface area contributed by atoms with E-state index in [0.717, 1.165) is 12.0 Å². The molecular formula is C12H14N2O. The molecule has 0 spiro atoms. The second kappa shape index (κ2) is 5.16. The molecule has 1 atom stereocenters. The molecule has 0 aliphatic rings. The Morgan fingerprint density at radius 1 is 1.47 bits per heavy atom. The highest BCUT2D eigenvalue weighted by Crippen LogP contribution is 2.16. The summed E-state index contributed by atoms with van der Waals surface area (Å²) in [6.07, 6.45) is 0.839. The van der Waals surface area contributed by atoms with Gasteiger partial charge in [-0.05, 0) is 24.1 Å². The molecule has 3 heteroatoms. The van der Waals surface area contributed by atoms with Gasteiger partial charge in [0.25, 0.3) is 0 Å². The standard InChI is InChI=1S/C12H14N2O/c1-3-12(14-9(2)15)11-6-4-10(8-13)5-7-11/h4-7,12H,3H2,1-2H3,(H,14,15)/t12-/m0/s1. The molecule has 0 radical (unpaired) electrons. The van der Waals surface area contributed by atoms with E-state index in [2.05, 4.69) is 11.4 Å². The molecule has 1 N–H and O–H groups in total. The fraction of sp³-hybridized carbons (Fsp3) is 0.333. The number of carbonyl (C=O) groups is 1. The highest BCUT2D eigenvalue weighted by Gasteiger charge is 2.09. The van der Waals surface area contributed by atoms with Crippen molar-refractivity contribution < 1.29 is 4.79 Å². The molecule has 0 aliphatic carbocycles. The summed E-state index contributed by atoms with van der Waals surface area (Å²) in [5.41, 5.74) is 1.67. The molecule has 0 saturated heterocycles. The number of carbonyl (C=O) groups excluding carboxylic acids is 1. The van der Waals surface area contributed by atoms with Crippen LogP contribution in [0.4, 0.5) is 0 Å². The lowest BCUT2D eigenvalue weighted by Crippen LogP contribution is -2.25. The van der Waals surface area contributed by atoms with E-state index in [-0.39, 0.29) is 11.9 Å². The van der Waals surface area contributed by atoms with Crippen LogP contribution in [0.5, 0.6) is 0 Å². The third kappa shape index (κ3) is 3.10. The number of nitrogens with zero attached hydrogens (tertiary/aromatic N) is 1. The number of nitriles is 1. The first-order valence-corrected chi connectivity index (χ1v) is 4.94. The van der Waals surface area contributed by atoms with Gasteiger partial charge in [0.2, 0.25) is 5.91 Å². The Labute approximate surface area is 89.7 Å². The van der Waals surface area contributed by atoms with E-state index in [0.29, 0.717) is 5.56 Å². The lowest BCUT2D eigenvalue weighted by molar-refractivity contribution is -0.119. The summed E-state index contributed by atoms with van der Waals surface area (Å²) in [7, 11) is 0. The van der Waals surface area contributed by atoms with Crippen molar-refractivity contribution in [2.75, 3.05) is 0 Å². The zero-order chi connectivity index (χ0) is 11.3. The van der Waals surface area contributed by atoms with Crippen molar-refractivity contribution in [3.05, 3.63) is 35.4 Å². The first-order chi connectivity index (χ1) is 7.17. The normalized spacial score (nSPS) is 11.5. The van der Waals surface area contributed by atoms with Gasteiger partial charge < -0.3 is 5.32 Å². The van der Waals surface area contributed by atoms with Crippen LogP contribution in [0.1, 0.15) is 37.4 Å². The van der Waals surface area contributed by atoms with E-state index >= 15 is 0 Å². The predicted molar refractivity (Wildman–Crippen MR) is 58.0 cm³/mol. The maximum atomic E-state index is 10.9. The van der Waals surface area contributed by atoms with E-state index in [9.17, 15) is 4.79 Å². The van der Waals surface area contributed by atoms with Crippen molar-refractivity contribution in [1.29, 1.82) is 5.26 Å². The molecule has 3 nitrogen and oxygen atoms in total. The summed E-state index contributed by atoms with van der Waals surface area (Å²) < 4.78 is 0. The summed E-state index contributed by atoms with van der Waals surface area (Å²) in [5, 5.41) is 11.5. The minimum absolute atomic E-state index is 0.0359. The topological polar surface area (TPSA) is 52.9 Å². The Balaban J connectivity index is 2.84. The van der Waals surface area contributed by atoms with Gasteiger partial charge in [-0.15, -0.1) is 0 Å². The number of amides is 1. The van der Waals surface area contributed by atoms with Crippen molar-refractivity contribution in [3.63, 3.8) is 0 Å². The maximum Gasteiger partial charge on any atom is 0.217 e. The van der Waals surface area contributed by atoms with Gasteiger partial charge in [0, 0.05) is 6.92 Å². The smallest absolute Gasteiger partial charge is 0.217 e. The highest BCUT2D eigenvalue weighted by atomic mass is 16.1. The van der Waals surface area contributed by atoms with Gasteiger partial charge in [-0.25, -0.2) is 0 Å². The van der Waals surface area contributed by atoms with Crippen molar-refractivity contribution in [3.8, 4) is 6.07 Å². The molecular weight excluding hydrogens is 188 g/mol. The Bertz CT molecular complexity index is 376. The summed E-state index contributed by atoms with van der Waals surface area (Å²) in [5.74, 6) is -0.0359. The predicted octanol–water partition coefficient (Wildman–Crippen LogP) is 2.15. The Hall–Kier alpha value is -1.82. The average molecular weight is 202 g/mol. The monoisotopic (exact) mass is 202 g/mol. The molecule has 1 aromatic carbocycles. The quantitative estimate of drug-likeness (QED) is 0.816. The number of nitrogens with one attached hydrogen (secondary N) is 1. The molecule has 1 amide bonds. The second-order valence-corrected chi connectivity index (χ2v) is 3.40. The molecule has 0 aliphatic heterocycles. The molecule has 0 saturated carbocycles. The van der Waals surface area contributed by atoms with Crippen molar-refractivity contribution >= 4 is 5.91 Å².